The van der Waals surface area contributed by atoms with Crippen molar-refractivity contribution in [3.05, 3.63) is 53.1 Å². The second-order valence-corrected chi connectivity index (χ2v) is 7.05. The van der Waals surface area contributed by atoms with Crippen LogP contribution in [-0.4, -0.2) is 41.0 Å². The molecule has 1 heterocycles. The monoisotopic (exact) mass is 417 g/mol. The number of nitrogens with one attached hydrogen (secondary N) is 1. The topological polar surface area (TPSA) is 93.4 Å². The smallest absolute Gasteiger partial charge is 0.239 e. The van der Waals surface area contributed by atoms with E-state index in [0.29, 0.717) is 34.7 Å². The van der Waals surface area contributed by atoms with Crippen molar-refractivity contribution in [3.8, 4) is 5.75 Å². The van der Waals surface area contributed by atoms with Gasteiger partial charge >= 0.3 is 0 Å². The lowest BCUT2D eigenvalue weighted by molar-refractivity contribution is -0.131. The first-order valence-corrected chi connectivity index (χ1v) is 9.22. The number of hydrogen-bond donors (Lipinski definition) is 2. The summed E-state index contributed by atoms with van der Waals surface area (Å²) in [7, 11) is 3.23. The number of halogens is 2. The van der Waals surface area contributed by atoms with E-state index in [9.17, 15) is 9.18 Å². The molecule has 1 atom stereocenters. The molecule has 3 N–H and O–H groups in total. The van der Waals surface area contributed by atoms with Crippen molar-refractivity contribution in [1.29, 1.82) is 0 Å². The average Bonchev–Trinajstić information content (AvgIpc) is 2.70. The normalized spacial score (nSPS) is 11.9. The second-order valence-electron chi connectivity index (χ2n) is 6.64. The van der Waals surface area contributed by atoms with Gasteiger partial charge in [0.2, 0.25) is 5.91 Å². The van der Waals surface area contributed by atoms with E-state index in [1.54, 1.807) is 33.2 Å². The summed E-state index contributed by atoms with van der Waals surface area (Å²) in [6.45, 7) is 1.94. The molecule has 0 radical (unpaired) electrons. The summed E-state index contributed by atoms with van der Waals surface area (Å²) in [5.74, 6) is 0.424. The Labute approximate surface area is 172 Å². The van der Waals surface area contributed by atoms with Gasteiger partial charge in [-0.3, -0.25) is 4.79 Å². The molecule has 0 saturated carbocycles. The predicted octanol–water partition coefficient (Wildman–Crippen LogP) is 3.48. The first kappa shape index (κ1) is 20.8. The molecule has 0 saturated heterocycles. The molecule has 29 heavy (non-hydrogen) atoms. The minimum absolute atomic E-state index is 0.00626. The Morgan fingerprint density at radius 3 is 2.76 bits per heavy atom. The van der Waals surface area contributed by atoms with Crippen molar-refractivity contribution in [2.75, 3.05) is 19.5 Å². The van der Waals surface area contributed by atoms with Gasteiger partial charge in [0, 0.05) is 36.3 Å². The van der Waals surface area contributed by atoms with E-state index in [2.05, 4.69) is 15.3 Å². The molecule has 0 aliphatic heterocycles. The summed E-state index contributed by atoms with van der Waals surface area (Å²) in [5, 5.41) is 3.85. The Balaban J connectivity index is 2.01. The molecule has 1 amide bonds. The lowest BCUT2D eigenvalue weighted by Crippen LogP contribution is -2.39. The number of anilines is 2. The van der Waals surface area contributed by atoms with Crippen molar-refractivity contribution in [2.24, 2.45) is 5.73 Å². The summed E-state index contributed by atoms with van der Waals surface area (Å²) < 4.78 is 18.9. The molecule has 9 heteroatoms. The first-order chi connectivity index (χ1) is 13.8. The largest absolute Gasteiger partial charge is 0.496 e. The maximum Gasteiger partial charge on any atom is 0.239 e. The van der Waals surface area contributed by atoms with Gasteiger partial charge in [0.05, 0.1) is 23.7 Å². The van der Waals surface area contributed by atoms with Crippen molar-refractivity contribution < 1.29 is 13.9 Å². The van der Waals surface area contributed by atoms with Crippen LogP contribution in [0.5, 0.6) is 5.75 Å². The van der Waals surface area contributed by atoms with Gasteiger partial charge in [-0.1, -0.05) is 11.6 Å². The Morgan fingerprint density at radius 1 is 1.34 bits per heavy atom. The molecule has 7 nitrogen and oxygen atoms in total. The Kier molecular flexibility index (Phi) is 6.14. The molecular formula is C20H21ClFN5O2. The standard InChI is InChI=1S/C20H21ClFN5O2/c1-11(23)20(28)27(2)9-12-6-14-17(8-18(12)29-3)24-10-25-19(14)26-13-4-5-16(22)15(21)7-13/h4-8,10-11H,9,23H2,1-3H3,(H,24,25,26)/t11-/m1/s1. The third kappa shape index (κ3) is 4.55. The van der Waals surface area contributed by atoms with Crippen LogP contribution in [0.4, 0.5) is 15.9 Å². The molecular weight excluding hydrogens is 397 g/mol. The van der Waals surface area contributed by atoms with Gasteiger partial charge in [0.15, 0.2) is 0 Å². The van der Waals surface area contributed by atoms with Crippen LogP contribution in [0.15, 0.2) is 36.7 Å². The number of rotatable bonds is 6. The number of carbonyl (C=O) groups is 1. The highest BCUT2D eigenvalue weighted by Crippen LogP contribution is 2.31. The number of ether oxygens (including phenoxy) is 1. The lowest BCUT2D eigenvalue weighted by Gasteiger charge is -2.21. The lowest BCUT2D eigenvalue weighted by atomic mass is 10.1. The van der Waals surface area contributed by atoms with E-state index in [1.165, 1.54) is 23.4 Å². The molecule has 2 aromatic carbocycles. The average molecular weight is 418 g/mol. The fraction of sp³-hybridized carbons (Fsp3) is 0.250. The van der Waals surface area contributed by atoms with Crippen LogP contribution in [0.25, 0.3) is 10.9 Å². The highest BCUT2D eigenvalue weighted by molar-refractivity contribution is 6.31. The Morgan fingerprint density at radius 2 is 2.10 bits per heavy atom. The van der Waals surface area contributed by atoms with E-state index in [0.717, 1.165) is 5.56 Å². The number of hydrogen-bond acceptors (Lipinski definition) is 6. The molecule has 0 bridgehead atoms. The molecule has 0 spiro atoms. The number of nitrogens with two attached hydrogens (primary N) is 1. The van der Waals surface area contributed by atoms with E-state index in [-0.39, 0.29) is 10.9 Å². The van der Waals surface area contributed by atoms with Gasteiger partial charge in [0.25, 0.3) is 0 Å². The number of likely N-dealkylation sites (N-methyl/N-ethyl adjacent to an activating group) is 1. The second kappa shape index (κ2) is 8.59. The van der Waals surface area contributed by atoms with Crippen LogP contribution < -0.4 is 15.8 Å². The Hall–Kier alpha value is -2.97. The summed E-state index contributed by atoms with van der Waals surface area (Å²) in [6.07, 6.45) is 1.42. The molecule has 0 aliphatic carbocycles. The van der Waals surface area contributed by atoms with Crippen molar-refractivity contribution in [2.45, 2.75) is 19.5 Å². The number of fused-ring (bicyclic) bond motifs is 1. The highest BCUT2D eigenvalue weighted by atomic mass is 35.5. The quantitative estimate of drug-likeness (QED) is 0.637. The van der Waals surface area contributed by atoms with Crippen LogP contribution >= 0.6 is 11.6 Å². The molecule has 3 aromatic rings. The van der Waals surface area contributed by atoms with Gasteiger partial charge in [-0.15, -0.1) is 0 Å². The van der Waals surface area contributed by atoms with Crippen molar-refractivity contribution >= 4 is 39.9 Å². The molecule has 0 fully saturated rings. The van der Waals surface area contributed by atoms with Crippen LogP contribution in [0, 0.1) is 5.82 Å². The third-order valence-corrected chi connectivity index (χ3v) is 4.68. The number of aromatic nitrogens is 2. The first-order valence-electron chi connectivity index (χ1n) is 8.84. The number of amides is 1. The maximum atomic E-state index is 13.4. The molecule has 152 valence electrons. The zero-order valence-corrected chi connectivity index (χ0v) is 17.0. The Bertz CT molecular complexity index is 1060. The summed E-state index contributed by atoms with van der Waals surface area (Å²) in [6, 6.07) is 7.34. The maximum absolute atomic E-state index is 13.4. The summed E-state index contributed by atoms with van der Waals surface area (Å²) >= 11 is 5.86. The molecule has 0 unspecified atom stereocenters. The van der Waals surface area contributed by atoms with Crippen molar-refractivity contribution in [1.82, 2.24) is 14.9 Å². The van der Waals surface area contributed by atoms with Gasteiger partial charge in [-0.05, 0) is 31.2 Å². The number of benzene rings is 2. The zero-order chi connectivity index (χ0) is 21.1. The van der Waals surface area contributed by atoms with E-state index in [4.69, 9.17) is 22.1 Å². The van der Waals surface area contributed by atoms with Crippen LogP contribution in [0.3, 0.4) is 0 Å². The van der Waals surface area contributed by atoms with Gasteiger partial charge < -0.3 is 20.7 Å². The van der Waals surface area contributed by atoms with Crippen molar-refractivity contribution in [3.63, 3.8) is 0 Å². The zero-order valence-electron chi connectivity index (χ0n) is 16.2. The summed E-state index contributed by atoms with van der Waals surface area (Å²) in [4.78, 5) is 22.3. The molecule has 0 aliphatic rings. The van der Waals surface area contributed by atoms with Gasteiger partial charge in [-0.25, -0.2) is 14.4 Å². The van der Waals surface area contributed by atoms with Crippen LogP contribution in [0.1, 0.15) is 12.5 Å². The van der Waals surface area contributed by atoms with E-state index < -0.39 is 11.9 Å². The van der Waals surface area contributed by atoms with E-state index in [1.807, 2.05) is 6.07 Å². The SMILES string of the molecule is COc1cc2ncnc(Nc3ccc(F)c(Cl)c3)c2cc1CN(C)C(=O)[C@@H](C)N. The minimum atomic E-state index is -0.602. The molecule has 1 aromatic heterocycles. The van der Waals surface area contributed by atoms with Crippen LogP contribution in [-0.2, 0) is 11.3 Å². The van der Waals surface area contributed by atoms with Gasteiger partial charge in [0.1, 0.15) is 23.7 Å². The van der Waals surface area contributed by atoms with E-state index >= 15 is 0 Å². The number of nitrogens with zero attached hydrogens (tertiary/aromatic N) is 3. The van der Waals surface area contributed by atoms with Crippen LogP contribution in [0.2, 0.25) is 5.02 Å². The minimum Gasteiger partial charge on any atom is -0.496 e. The fourth-order valence-corrected chi connectivity index (χ4v) is 3.11. The highest BCUT2D eigenvalue weighted by Gasteiger charge is 2.17. The fourth-order valence-electron chi connectivity index (χ4n) is 2.93. The number of carbonyl (C=O) groups excluding carboxylic acids is 1. The number of methoxy groups -OCH3 is 1. The predicted molar refractivity (Wildman–Crippen MR) is 111 cm³/mol. The summed E-state index contributed by atoms with van der Waals surface area (Å²) in [5.41, 5.74) is 7.70. The third-order valence-electron chi connectivity index (χ3n) is 4.39. The molecule has 3 rings (SSSR count). The van der Waals surface area contributed by atoms with Gasteiger partial charge in [-0.2, -0.15) is 0 Å².